The van der Waals surface area contributed by atoms with Crippen LogP contribution in [0.5, 0.6) is 0 Å². The van der Waals surface area contributed by atoms with E-state index < -0.39 is 0 Å². The van der Waals surface area contributed by atoms with Crippen LogP contribution < -0.4 is 0 Å². The Morgan fingerprint density at radius 2 is 2.18 bits per heavy atom. The van der Waals surface area contributed by atoms with E-state index >= 15 is 0 Å². The van der Waals surface area contributed by atoms with Gasteiger partial charge in [-0.25, -0.2) is 0 Å². The van der Waals surface area contributed by atoms with Gasteiger partial charge in [-0.15, -0.1) is 10.2 Å². The molecule has 0 amide bonds. The van der Waals surface area contributed by atoms with Crippen LogP contribution >= 0.6 is 0 Å². The van der Waals surface area contributed by atoms with Gasteiger partial charge < -0.3 is 8.83 Å². The lowest BCUT2D eigenvalue weighted by molar-refractivity contribution is 0.516. The fourth-order valence-electron chi connectivity index (χ4n) is 0.681. The van der Waals surface area contributed by atoms with Gasteiger partial charge in [-0.1, -0.05) is 7.43 Å². The van der Waals surface area contributed by atoms with Crippen LogP contribution in [0.2, 0.25) is 0 Å². The highest BCUT2D eigenvalue weighted by atomic mass is 16.4. The first-order valence-corrected chi connectivity index (χ1v) is 2.77. The molecule has 0 atom stereocenters. The van der Waals surface area contributed by atoms with Gasteiger partial charge in [-0.3, -0.25) is 0 Å². The summed E-state index contributed by atoms with van der Waals surface area (Å²) in [4.78, 5) is 0. The van der Waals surface area contributed by atoms with Crippen LogP contribution in [0.1, 0.15) is 7.43 Å². The normalized spacial score (nSPS) is 9.09. The minimum absolute atomic E-state index is 0. The highest BCUT2D eigenvalue weighted by Crippen LogP contribution is 2.14. The molecule has 0 N–H and O–H groups in total. The average molecular weight is 153 g/mol. The zero-order chi connectivity index (χ0) is 6.81. The molecule has 0 aliphatic carbocycles. The second-order valence-corrected chi connectivity index (χ2v) is 1.72. The number of hydrogen-bond acceptors (Lipinski definition) is 4. The predicted octanol–water partition coefficient (Wildman–Crippen LogP) is 1.97. The van der Waals surface area contributed by atoms with E-state index in [9.17, 15) is 0 Å². The molecular weight excluding hydrogens is 145 g/mol. The highest BCUT2D eigenvalue weighted by Gasteiger charge is 2.03. The van der Waals surface area contributed by atoms with Crippen molar-refractivity contribution in [2.45, 2.75) is 7.43 Å². The molecule has 0 saturated heterocycles. The van der Waals surface area contributed by atoms with Crippen molar-refractivity contribution in [2.24, 2.45) is 0 Å². The summed E-state index contributed by atoms with van der Waals surface area (Å²) in [5, 5.41) is 7.15. The van der Waals surface area contributed by atoms with E-state index in [0.717, 1.165) is 0 Å². The van der Waals surface area contributed by atoms with Gasteiger partial charge in [0.05, 0.1) is 6.26 Å². The van der Waals surface area contributed by atoms with Crippen molar-refractivity contribution in [3.05, 3.63) is 24.8 Å². The molecule has 0 aliphatic rings. The van der Waals surface area contributed by atoms with Crippen molar-refractivity contribution in [1.29, 1.82) is 0 Å². The summed E-state index contributed by atoms with van der Waals surface area (Å²) in [7, 11) is 0. The van der Waals surface area contributed by atoms with Crippen molar-refractivity contribution in [3.63, 3.8) is 0 Å². The van der Waals surface area contributed by atoms with Crippen molar-refractivity contribution in [2.75, 3.05) is 0 Å². The van der Waals surface area contributed by atoms with Crippen molar-refractivity contribution in [1.82, 2.24) is 10.2 Å². The topological polar surface area (TPSA) is 52.1 Å². The van der Waals surface area contributed by atoms with E-state index in [1.807, 2.05) is 0 Å². The lowest BCUT2D eigenvalue weighted by Gasteiger charge is -1.81. The van der Waals surface area contributed by atoms with E-state index in [2.05, 4.69) is 10.2 Å². The standard InChI is InChI=1S/C6H4N2O2.CH4/c1-2-5(9-3-1)6-8-7-4-10-6;/h1-4H;1H4/i;1+1. The number of nitrogens with zero attached hydrogens (tertiary/aromatic N) is 2. The number of rotatable bonds is 1. The van der Waals surface area contributed by atoms with Crippen molar-refractivity contribution < 1.29 is 8.83 Å². The smallest absolute Gasteiger partial charge is 0.283 e. The third-order valence-corrected chi connectivity index (χ3v) is 1.09. The fourth-order valence-corrected chi connectivity index (χ4v) is 0.681. The van der Waals surface area contributed by atoms with Crippen LogP contribution in [-0.4, -0.2) is 10.2 Å². The molecule has 58 valence electrons. The van der Waals surface area contributed by atoms with E-state index in [0.29, 0.717) is 11.7 Å². The molecule has 0 aromatic carbocycles. The molecule has 2 aromatic rings. The number of furan rings is 1. The number of aromatic nitrogens is 2. The zero-order valence-electron chi connectivity index (χ0n) is 5.02. The molecule has 2 heterocycles. The van der Waals surface area contributed by atoms with Crippen LogP contribution in [0.25, 0.3) is 11.7 Å². The first-order valence-electron chi connectivity index (χ1n) is 2.77. The van der Waals surface area contributed by atoms with Gasteiger partial charge in [0.1, 0.15) is 0 Å². The van der Waals surface area contributed by atoms with Gasteiger partial charge in [-0.2, -0.15) is 0 Å². The average Bonchev–Trinajstić information content (AvgIpc) is 2.59. The Labute approximate surface area is 63.9 Å². The maximum Gasteiger partial charge on any atom is 0.283 e. The third-order valence-electron chi connectivity index (χ3n) is 1.09. The molecule has 0 bridgehead atoms. The summed E-state index contributed by atoms with van der Waals surface area (Å²) >= 11 is 0. The molecule has 2 rings (SSSR count). The molecule has 0 radical (unpaired) electrons. The monoisotopic (exact) mass is 153 g/mol. The Hall–Kier alpha value is -1.58. The van der Waals surface area contributed by atoms with Gasteiger partial charge in [0.15, 0.2) is 5.76 Å². The lowest BCUT2D eigenvalue weighted by atomic mass is 10.5. The minimum Gasteiger partial charge on any atom is -0.459 e. The van der Waals surface area contributed by atoms with Crippen molar-refractivity contribution >= 4 is 0 Å². The van der Waals surface area contributed by atoms with Gasteiger partial charge in [0, 0.05) is 0 Å². The molecular formula is C7H8N2O2. The quantitative estimate of drug-likeness (QED) is 0.587. The Bertz CT molecular complexity index is 254. The fraction of sp³-hybridized carbons (Fsp3) is 0.143. The van der Waals surface area contributed by atoms with E-state index in [-0.39, 0.29) is 7.43 Å². The largest absolute Gasteiger partial charge is 0.459 e. The Balaban J connectivity index is 0.000000605. The minimum atomic E-state index is 0. The summed E-state index contributed by atoms with van der Waals surface area (Å²) in [5.74, 6) is 1.00. The molecule has 0 saturated carbocycles. The second kappa shape index (κ2) is 3.01. The first-order chi connectivity index (χ1) is 4.97. The first kappa shape index (κ1) is 7.53. The van der Waals surface area contributed by atoms with Gasteiger partial charge in [-0.05, 0) is 12.1 Å². The molecule has 0 spiro atoms. The Morgan fingerprint density at radius 3 is 2.73 bits per heavy atom. The highest BCUT2D eigenvalue weighted by molar-refractivity contribution is 5.41. The third kappa shape index (κ3) is 1.29. The summed E-state index contributed by atoms with van der Waals surface area (Å²) in [5.41, 5.74) is 0. The van der Waals surface area contributed by atoms with E-state index in [1.165, 1.54) is 6.39 Å². The molecule has 2 aromatic heterocycles. The van der Waals surface area contributed by atoms with Gasteiger partial charge in [0.25, 0.3) is 5.89 Å². The van der Waals surface area contributed by atoms with Crippen LogP contribution in [0.15, 0.2) is 33.6 Å². The summed E-state index contributed by atoms with van der Waals surface area (Å²) in [6.45, 7) is 0. The van der Waals surface area contributed by atoms with Crippen LogP contribution in [0, 0.1) is 0 Å². The lowest BCUT2D eigenvalue weighted by Crippen LogP contribution is -1.70. The summed E-state index contributed by atoms with van der Waals surface area (Å²) in [6.07, 6.45) is 2.82. The molecule has 0 unspecified atom stereocenters. The SMILES string of the molecule is [13CH4].c1coc(-c2nnco2)c1. The van der Waals surface area contributed by atoms with Crippen molar-refractivity contribution in [3.8, 4) is 11.7 Å². The maximum absolute atomic E-state index is 4.98. The van der Waals surface area contributed by atoms with Crippen LogP contribution in [-0.2, 0) is 0 Å². The molecule has 0 fully saturated rings. The van der Waals surface area contributed by atoms with E-state index in [4.69, 9.17) is 8.83 Å². The molecule has 4 nitrogen and oxygen atoms in total. The summed E-state index contributed by atoms with van der Waals surface area (Å²) in [6, 6.07) is 3.52. The Kier molecular flexibility index (Phi) is 2.06. The second-order valence-electron chi connectivity index (χ2n) is 1.72. The maximum atomic E-state index is 4.98. The van der Waals surface area contributed by atoms with Gasteiger partial charge in [0.2, 0.25) is 6.39 Å². The van der Waals surface area contributed by atoms with Gasteiger partial charge >= 0.3 is 0 Å². The Morgan fingerprint density at radius 1 is 1.27 bits per heavy atom. The molecule has 4 heteroatoms. The van der Waals surface area contributed by atoms with Crippen LogP contribution in [0.3, 0.4) is 0 Å². The number of hydrogen-bond donors (Lipinski definition) is 0. The molecule has 0 aliphatic heterocycles. The zero-order valence-corrected chi connectivity index (χ0v) is 5.02. The summed E-state index contributed by atoms with van der Waals surface area (Å²) < 4.78 is 9.84. The molecule has 11 heavy (non-hydrogen) atoms. The van der Waals surface area contributed by atoms with Crippen LogP contribution in [0.4, 0.5) is 0 Å². The predicted molar refractivity (Wildman–Crippen MR) is 38.7 cm³/mol. The van der Waals surface area contributed by atoms with E-state index in [1.54, 1.807) is 18.4 Å².